The molecule has 8 nitrogen and oxygen atoms in total. The number of aliphatic hydroxyl groups is 1. The predicted octanol–water partition coefficient (Wildman–Crippen LogP) is 5.94. The minimum Gasteiger partial charge on any atom is -0.496 e. The third-order valence-electron chi connectivity index (χ3n) is 8.37. The molecule has 2 N–H and O–H groups in total. The van der Waals surface area contributed by atoms with Gasteiger partial charge in [-0.1, -0.05) is 67.6 Å². The maximum absolute atomic E-state index is 13.0. The number of aliphatic hydroxyl groups excluding tert-OH is 1. The number of para-hydroxylation sites is 1. The van der Waals surface area contributed by atoms with E-state index in [2.05, 4.69) is 12.2 Å². The van der Waals surface area contributed by atoms with Gasteiger partial charge in [-0.25, -0.2) is 0 Å². The largest absolute Gasteiger partial charge is 0.496 e. The van der Waals surface area contributed by atoms with Crippen LogP contribution in [0.1, 0.15) is 54.4 Å². The van der Waals surface area contributed by atoms with Crippen LogP contribution in [0.3, 0.4) is 0 Å². The van der Waals surface area contributed by atoms with Crippen LogP contribution in [0.5, 0.6) is 5.75 Å². The Balaban J connectivity index is 1.28. The zero-order valence-corrected chi connectivity index (χ0v) is 26.4. The van der Waals surface area contributed by atoms with Crippen molar-refractivity contribution in [1.82, 2.24) is 10.2 Å². The Hall–Kier alpha value is -3.58. The van der Waals surface area contributed by atoms with Gasteiger partial charge < -0.3 is 29.5 Å². The highest BCUT2D eigenvalue weighted by Gasteiger charge is 2.47. The van der Waals surface area contributed by atoms with Crippen LogP contribution >= 0.6 is 11.8 Å². The summed E-state index contributed by atoms with van der Waals surface area (Å²) in [4.78, 5) is 26.1. The summed E-state index contributed by atoms with van der Waals surface area (Å²) in [7, 11) is 1.64. The van der Waals surface area contributed by atoms with E-state index < -0.39 is 30.3 Å². The first-order chi connectivity index (χ1) is 22.1. The molecule has 2 amide bonds. The van der Waals surface area contributed by atoms with Gasteiger partial charge in [0.2, 0.25) is 5.91 Å². The van der Waals surface area contributed by atoms with Gasteiger partial charge in [0.25, 0.3) is 0 Å². The van der Waals surface area contributed by atoms with Gasteiger partial charge in [0.1, 0.15) is 11.8 Å². The van der Waals surface area contributed by atoms with Crippen LogP contribution in [0, 0.1) is 5.92 Å². The van der Waals surface area contributed by atoms with Gasteiger partial charge in [-0.05, 0) is 41.7 Å². The number of halogens is 3. The lowest BCUT2D eigenvalue weighted by Gasteiger charge is -2.41. The summed E-state index contributed by atoms with van der Waals surface area (Å²) < 4.78 is 57.5. The third-order valence-corrected chi connectivity index (χ3v) is 9.52. The maximum atomic E-state index is 13.0. The third kappa shape index (κ3) is 7.86. The molecule has 12 heteroatoms. The standard InChI is InChI=1S/C34H37F3N2O6S/c1-21-28(20-46-29-8-4-3-7-27(29)43-2)44-32(45-30(21)24-13-11-23(19-40)12-14-24)25-15-9-22(10-16-25)18-38-31(41)26-6-5-17-39(26)33(42)34(35,36)37/h3-4,7-16,21,26,28,30,32,40H,5-6,17-20H2,1-2H3,(H,38,41)/t21-,26+,28+,30+,32+/m1/s1. The Morgan fingerprint density at radius 2 is 1.67 bits per heavy atom. The molecule has 0 radical (unpaired) electrons. The van der Waals surface area contributed by atoms with Gasteiger partial charge in [0, 0.05) is 35.2 Å². The number of hydrogen-bond donors (Lipinski definition) is 2. The first kappa shape index (κ1) is 33.8. The van der Waals surface area contributed by atoms with Crippen LogP contribution in [-0.2, 0) is 32.2 Å². The fourth-order valence-electron chi connectivity index (χ4n) is 5.76. The van der Waals surface area contributed by atoms with E-state index in [1.54, 1.807) is 31.0 Å². The van der Waals surface area contributed by atoms with Gasteiger partial charge in [0.05, 0.1) is 25.9 Å². The molecule has 0 unspecified atom stereocenters. The fourth-order valence-corrected chi connectivity index (χ4v) is 6.96. The van der Waals surface area contributed by atoms with Crippen LogP contribution in [0.25, 0.3) is 0 Å². The molecule has 2 heterocycles. The molecule has 0 aromatic heterocycles. The van der Waals surface area contributed by atoms with Gasteiger partial charge in [-0.3, -0.25) is 9.59 Å². The number of benzene rings is 3. The van der Waals surface area contributed by atoms with Gasteiger partial charge in [-0.2, -0.15) is 13.2 Å². The molecule has 46 heavy (non-hydrogen) atoms. The highest BCUT2D eigenvalue weighted by atomic mass is 32.2. The Labute approximate surface area is 270 Å². The Bertz CT molecular complexity index is 1490. The van der Waals surface area contributed by atoms with E-state index in [-0.39, 0.29) is 44.2 Å². The molecule has 3 aromatic carbocycles. The second-order valence-corrected chi connectivity index (χ2v) is 12.5. The Morgan fingerprint density at radius 3 is 2.35 bits per heavy atom. The molecule has 2 saturated heterocycles. The highest BCUT2D eigenvalue weighted by molar-refractivity contribution is 7.99. The van der Waals surface area contributed by atoms with Crippen molar-refractivity contribution in [3.8, 4) is 5.75 Å². The van der Waals surface area contributed by atoms with Crippen molar-refractivity contribution in [2.24, 2.45) is 5.92 Å². The fraction of sp³-hybridized carbons (Fsp3) is 0.412. The molecule has 2 aliphatic heterocycles. The second-order valence-electron chi connectivity index (χ2n) is 11.4. The van der Waals surface area contributed by atoms with E-state index in [1.165, 1.54) is 0 Å². The SMILES string of the molecule is COc1ccccc1SC[C@@H]1O[C@H](c2ccc(CNC(=O)[C@@H]3CCCN3C(=O)C(F)(F)F)cc2)O[C@H](c2ccc(CO)cc2)[C@@H]1C. The molecule has 2 fully saturated rings. The van der Waals surface area contributed by atoms with Gasteiger partial charge in [0.15, 0.2) is 6.29 Å². The van der Waals surface area contributed by atoms with Crippen LogP contribution in [0.15, 0.2) is 77.7 Å². The highest BCUT2D eigenvalue weighted by Crippen LogP contribution is 2.43. The summed E-state index contributed by atoms with van der Waals surface area (Å²) >= 11 is 1.64. The predicted molar refractivity (Wildman–Crippen MR) is 166 cm³/mol. The number of nitrogens with zero attached hydrogens (tertiary/aromatic N) is 1. The first-order valence-electron chi connectivity index (χ1n) is 15.1. The minimum atomic E-state index is -5.02. The average molecular weight is 659 g/mol. The van der Waals surface area contributed by atoms with Crippen molar-refractivity contribution in [1.29, 1.82) is 0 Å². The molecule has 0 spiro atoms. The molecule has 0 bridgehead atoms. The van der Waals surface area contributed by atoms with E-state index in [9.17, 15) is 27.9 Å². The molecular weight excluding hydrogens is 621 g/mol. The minimum absolute atomic E-state index is 0.00713. The zero-order valence-electron chi connectivity index (χ0n) is 25.5. The smallest absolute Gasteiger partial charge is 0.471 e. The summed E-state index contributed by atoms with van der Waals surface area (Å²) in [5.41, 5.74) is 3.27. The van der Waals surface area contributed by atoms with E-state index in [1.807, 2.05) is 60.7 Å². The van der Waals surface area contributed by atoms with Gasteiger partial charge in [-0.15, -0.1) is 11.8 Å². The lowest BCUT2D eigenvalue weighted by molar-refractivity contribution is -0.268. The number of alkyl halides is 3. The lowest BCUT2D eigenvalue weighted by atomic mass is 9.91. The van der Waals surface area contributed by atoms with Crippen molar-refractivity contribution < 1.29 is 42.1 Å². The zero-order chi connectivity index (χ0) is 32.8. The number of carbonyl (C=O) groups excluding carboxylic acids is 2. The van der Waals surface area contributed by atoms with Crippen molar-refractivity contribution in [3.63, 3.8) is 0 Å². The normalized spacial score (nSPS) is 23.3. The number of ether oxygens (including phenoxy) is 3. The van der Waals surface area contributed by atoms with Crippen LogP contribution < -0.4 is 10.1 Å². The van der Waals surface area contributed by atoms with Crippen LogP contribution in [-0.4, -0.2) is 59.6 Å². The summed E-state index contributed by atoms with van der Waals surface area (Å²) in [6.45, 7) is 2.03. The van der Waals surface area contributed by atoms with Crippen LogP contribution in [0.2, 0.25) is 0 Å². The van der Waals surface area contributed by atoms with Crippen molar-refractivity contribution in [2.45, 2.75) is 68.5 Å². The van der Waals surface area contributed by atoms with Crippen molar-refractivity contribution >= 4 is 23.6 Å². The Morgan fingerprint density at radius 1 is 1.00 bits per heavy atom. The first-order valence-corrected chi connectivity index (χ1v) is 16.1. The summed E-state index contributed by atoms with van der Waals surface area (Å²) in [6.07, 6.45) is -5.67. The second kappa shape index (κ2) is 14.9. The van der Waals surface area contributed by atoms with E-state index >= 15 is 0 Å². The molecule has 246 valence electrons. The summed E-state index contributed by atoms with van der Waals surface area (Å²) in [5.74, 6) is -1.18. The number of amides is 2. The van der Waals surface area contributed by atoms with E-state index in [0.29, 0.717) is 17.1 Å². The number of nitrogens with one attached hydrogen (secondary N) is 1. The number of hydrogen-bond acceptors (Lipinski definition) is 7. The number of likely N-dealkylation sites (tertiary alicyclic amines) is 1. The summed E-state index contributed by atoms with van der Waals surface area (Å²) in [5, 5.41) is 12.2. The molecule has 3 aromatic rings. The average Bonchev–Trinajstić information content (AvgIpc) is 3.56. The quantitative estimate of drug-likeness (QED) is 0.260. The number of thioether (sulfide) groups is 1. The molecule has 0 saturated carbocycles. The lowest BCUT2D eigenvalue weighted by Crippen LogP contribution is -2.50. The van der Waals surface area contributed by atoms with E-state index in [4.69, 9.17) is 14.2 Å². The van der Waals surface area contributed by atoms with Crippen molar-refractivity contribution in [3.05, 3.63) is 95.1 Å². The monoisotopic (exact) mass is 658 g/mol. The summed E-state index contributed by atoms with van der Waals surface area (Å²) in [6, 6.07) is 21.6. The number of rotatable bonds is 10. The number of carbonyl (C=O) groups is 2. The van der Waals surface area contributed by atoms with Crippen molar-refractivity contribution in [2.75, 3.05) is 19.4 Å². The van der Waals surface area contributed by atoms with Crippen LogP contribution in [0.4, 0.5) is 13.2 Å². The molecule has 5 rings (SSSR count). The molecular formula is C34H37F3N2O6S. The maximum Gasteiger partial charge on any atom is 0.471 e. The van der Waals surface area contributed by atoms with Gasteiger partial charge >= 0.3 is 12.1 Å². The molecule has 5 atom stereocenters. The molecule has 0 aliphatic carbocycles. The Kier molecular flexibility index (Phi) is 10.9. The molecule has 2 aliphatic rings. The topological polar surface area (TPSA) is 97.3 Å². The number of methoxy groups -OCH3 is 1. The van der Waals surface area contributed by atoms with E-state index in [0.717, 1.165) is 32.9 Å².